The predicted molar refractivity (Wildman–Crippen MR) is 50.6 cm³/mol. The summed E-state index contributed by atoms with van der Waals surface area (Å²) in [6.07, 6.45) is 2.40. The Kier molecular flexibility index (Phi) is 1.58. The first-order valence-electron chi connectivity index (χ1n) is 4.71. The van der Waals surface area contributed by atoms with Crippen LogP contribution in [0.3, 0.4) is 0 Å². The minimum Gasteiger partial charge on any atom is -0.311 e. The summed E-state index contributed by atoms with van der Waals surface area (Å²) in [5.74, 6) is -0.245. The molecule has 0 fully saturated rings. The highest BCUT2D eigenvalue weighted by Gasteiger charge is 2.15. The molecule has 0 bridgehead atoms. The van der Waals surface area contributed by atoms with E-state index in [0.717, 1.165) is 30.7 Å². The van der Waals surface area contributed by atoms with Crippen molar-refractivity contribution >= 4 is 5.52 Å². The number of hydrogen-bond acceptors (Lipinski definition) is 2. The Hall–Kier alpha value is -1.42. The zero-order chi connectivity index (χ0) is 9.54. The highest BCUT2D eigenvalue weighted by atomic mass is 19.1. The number of fused-ring (bicyclic) bond motifs is 3. The van der Waals surface area contributed by atoms with E-state index in [-0.39, 0.29) is 5.82 Å². The van der Waals surface area contributed by atoms with Gasteiger partial charge in [-0.15, -0.1) is 0 Å². The number of nitrogens with one attached hydrogen (secondary N) is 1. The van der Waals surface area contributed by atoms with Gasteiger partial charge in [0.2, 0.25) is 0 Å². The molecule has 2 aromatic rings. The van der Waals surface area contributed by atoms with Gasteiger partial charge in [0, 0.05) is 12.1 Å². The Bertz CT molecular complexity index is 489. The molecule has 3 nitrogen and oxygen atoms in total. The molecule has 14 heavy (non-hydrogen) atoms. The first kappa shape index (κ1) is 7.94. The Labute approximate surface area is 80.5 Å². The second-order valence-electron chi connectivity index (χ2n) is 3.53. The van der Waals surface area contributed by atoms with E-state index in [9.17, 15) is 4.39 Å². The molecule has 0 atom stereocenters. The molecule has 0 amide bonds. The number of nitrogens with zero attached hydrogens (tertiary/aromatic N) is 2. The van der Waals surface area contributed by atoms with Crippen LogP contribution in [-0.2, 0) is 13.0 Å². The van der Waals surface area contributed by atoms with Gasteiger partial charge in [-0.05, 0) is 25.1 Å². The number of aromatic nitrogens is 2. The molecule has 0 radical (unpaired) electrons. The largest absolute Gasteiger partial charge is 0.311 e. The zero-order valence-corrected chi connectivity index (χ0v) is 7.63. The SMILES string of the molecule is Fc1ccc2c3c(nn2c1)CNCC3. The maximum Gasteiger partial charge on any atom is 0.141 e. The first-order valence-corrected chi connectivity index (χ1v) is 4.71. The van der Waals surface area contributed by atoms with Crippen LogP contribution >= 0.6 is 0 Å². The van der Waals surface area contributed by atoms with Gasteiger partial charge >= 0.3 is 0 Å². The molecule has 4 heteroatoms. The van der Waals surface area contributed by atoms with Crippen LogP contribution in [0.2, 0.25) is 0 Å². The molecule has 0 aromatic carbocycles. The second-order valence-corrected chi connectivity index (χ2v) is 3.53. The number of hydrogen-bond donors (Lipinski definition) is 1. The van der Waals surface area contributed by atoms with Crippen molar-refractivity contribution in [2.45, 2.75) is 13.0 Å². The summed E-state index contributed by atoms with van der Waals surface area (Å²) < 4.78 is 14.6. The Morgan fingerprint density at radius 2 is 2.36 bits per heavy atom. The van der Waals surface area contributed by atoms with Crippen LogP contribution in [0.4, 0.5) is 4.39 Å². The van der Waals surface area contributed by atoms with Crippen LogP contribution in [-0.4, -0.2) is 16.2 Å². The van der Waals surface area contributed by atoms with Gasteiger partial charge in [-0.1, -0.05) is 0 Å². The molecule has 1 aliphatic rings. The van der Waals surface area contributed by atoms with Crippen LogP contribution in [0.5, 0.6) is 0 Å². The Balaban J connectivity index is 2.31. The van der Waals surface area contributed by atoms with Crippen molar-refractivity contribution in [2.24, 2.45) is 0 Å². The van der Waals surface area contributed by atoms with E-state index in [2.05, 4.69) is 10.4 Å². The molecule has 0 spiro atoms. The molecule has 0 aliphatic carbocycles. The minimum absolute atomic E-state index is 0.245. The van der Waals surface area contributed by atoms with Crippen LogP contribution in [0, 0.1) is 5.82 Å². The van der Waals surface area contributed by atoms with E-state index in [1.807, 2.05) is 0 Å². The summed E-state index contributed by atoms with van der Waals surface area (Å²) in [5.41, 5.74) is 3.33. The van der Waals surface area contributed by atoms with Crippen molar-refractivity contribution in [1.29, 1.82) is 0 Å². The van der Waals surface area contributed by atoms with Gasteiger partial charge in [0.05, 0.1) is 17.4 Å². The average Bonchev–Trinajstić information content (AvgIpc) is 2.54. The third-order valence-corrected chi connectivity index (χ3v) is 2.62. The summed E-state index contributed by atoms with van der Waals surface area (Å²) in [5, 5.41) is 7.58. The molecule has 3 heterocycles. The van der Waals surface area contributed by atoms with Crippen molar-refractivity contribution in [1.82, 2.24) is 14.9 Å². The molecule has 2 aromatic heterocycles. The van der Waals surface area contributed by atoms with Crippen molar-refractivity contribution < 1.29 is 4.39 Å². The lowest BCUT2D eigenvalue weighted by atomic mass is 10.1. The van der Waals surface area contributed by atoms with E-state index in [1.54, 1.807) is 10.6 Å². The van der Waals surface area contributed by atoms with Crippen LogP contribution in [0.25, 0.3) is 5.52 Å². The lowest BCUT2D eigenvalue weighted by molar-refractivity contribution is 0.610. The van der Waals surface area contributed by atoms with Crippen LogP contribution in [0.1, 0.15) is 11.3 Å². The smallest absolute Gasteiger partial charge is 0.141 e. The summed E-state index contributed by atoms with van der Waals surface area (Å²) in [4.78, 5) is 0. The molecule has 1 N–H and O–H groups in total. The van der Waals surface area contributed by atoms with E-state index < -0.39 is 0 Å². The van der Waals surface area contributed by atoms with Gasteiger partial charge in [0.15, 0.2) is 0 Å². The third kappa shape index (κ3) is 1.04. The van der Waals surface area contributed by atoms with Gasteiger partial charge in [-0.2, -0.15) is 5.10 Å². The summed E-state index contributed by atoms with van der Waals surface area (Å²) in [6.45, 7) is 1.77. The molecule has 72 valence electrons. The monoisotopic (exact) mass is 191 g/mol. The van der Waals surface area contributed by atoms with E-state index >= 15 is 0 Å². The van der Waals surface area contributed by atoms with Gasteiger partial charge in [-0.25, -0.2) is 8.91 Å². The van der Waals surface area contributed by atoms with Crippen molar-refractivity contribution in [3.8, 4) is 0 Å². The number of rotatable bonds is 0. The average molecular weight is 191 g/mol. The fourth-order valence-electron chi connectivity index (χ4n) is 1.96. The maximum absolute atomic E-state index is 12.9. The second kappa shape index (κ2) is 2.78. The molecule has 1 aliphatic heterocycles. The first-order chi connectivity index (χ1) is 6.84. The van der Waals surface area contributed by atoms with Crippen molar-refractivity contribution in [3.05, 3.63) is 35.4 Å². The van der Waals surface area contributed by atoms with E-state index in [4.69, 9.17) is 0 Å². The molecule has 3 rings (SSSR count). The predicted octanol–water partition coefficient (Wildman–Crippen LogP) is 1.12. The van der Waals surface area contributed by atoms with Gasteiger partial charge in [0.25, 0.3) is 0 Å². The van der Waals surface area contributed by atoms with Crippen LogP contribution < -0.4 is 5.32 Å². The molecule has 0 saturated carbocycles. The standard InChI is InChI=1S/C10H10FN3/c11-7-1-2-10-8-3-4-12-5-9(8)13-14(10)6-7/h1-2,6,12H,3-5H2. The highest BCUT2D eigenvalue weighted by Crippen LogP contribution is 2.19. The van der Waals surface area contributed by atoms with E-state index in [0.29, 0.717) is 0 Å². The van der Waals surface area contributed by atoms with Gasteiger partial charge in [-0.3, -0.25) is 0 Å². The van der Waals surface area contributed by atoms with E-state index in [1.165, 1.54) is 17.8 Å². The summed E-state index contributed by atoms with van der Waals surface area (Å²) in [7, 11) is 0. The molecular weight excluding hydrogens is 181 g/mol. The topological polar surface area (TPSA) is 29.3 Å². The fraction of sp³-hybridized carbons (Fsp3) is 0.300. The Morgan fingerprint density at radius 3 is 3.29 bits per heavy atom. The molecular formula is C10H10FN3. The lowest BCUT2D eigenvalue weighted by Crippen LogP contribution is -2.22. The number of halogens is 1. The summed E-state index contributed by atoms with van der Waals surface area (Å²) in [6, 6.07) is 3.28. The minimum atomic E-state index is -0.245. The molecule has 0 saturated heterocycles. The lowest BCUT2D eigenvalue weighted by Gasteiger charge is -2.10. The van der Waals surface area contributed by atoms with Gasteiger partial charge in [0.1, 0.15) is 5.82 Å². The normalized spacial score (nSPS) is 15.8. The van der Waals surface area contributed by atoms with Crippen LogP contribution in [0.15, 0.2) is 18.3 Å². The van der Waals surface area contributed by atoms with Gasteiger partial charge < -0.3 is 5.32 Å². The number of pyridine rings is 1. The molecule has 0 unspecified atom stereocenters. The van der Waals surface area contributed by atoms with Crippen molar-refractivity contribution in [3.63, 3.8) is 0 Å². The maximum atomic E-state index is 12.9. The summed E-state index contributed by atoms with van der Waals surface area (Å²) >= 11 is 0. The van der Waals surface area contributed by atoms with Crippen molar-refractivity contribution in [2.75, 3.05) is 6.54 Å². The fourth-order valence-corrected chi connectivity index (χ4v) is 1.96. The highest BCUT2D eigenvalue weighted by molar-refractivity contribution is 5.57. The quantitative estimate of drug-likeness (QED) is 0.676. The zero-order valence-electron chi connectivity index (χ0n) is 7.63. The third-order valence-electron chi connectivity index (χ3n) is 2.62. The Morgan fingerprint density at radius 1 is 1.43 bits per heavy atom.